The first kappa shape index (κ1) is 22.5. The van der Waals surface area contributed by atoms with Gasteiger partial charge in [-0.25, -0.2) is 18.4 Å². The molecule has 1 aliphatic carbocycles. The maximum absolute atomic E-state index is 14.3. The number of carboxylic acid groups (broad SMARTS) is 1. The number of nitriles is 1. The highest BCUT2D eigenvalue weighted by atomic mass is 19.1. The van der Waals surface area contributed by atoms with Crippen LogP contribution in [0.4, 0.5) is 14.6 Å². The zero-order valence-electron chi connectivity index (χ0n) is 18.6. The van der Waals surface area contributed by atoms with Gasteiger partial charge in [-0.1, -0.05) is 18.2 Å². The molecule has 1 saturated carbocycles. The number of carbonyl (C=O) groups is 1. The summed E-state index contributed by atoms with van der Waals surface area (Å²) in [6.45, 7) is 0. The van der Waals surface area contributed by atoms with E-state index in [-0.39, 0.29) is 34.6 Å². The van der Waals surface area contributed by atoms with Gasteiger partial charge in [0, 0.05) is 16.5 Å². The fourth-order valence-corrected chi connectivity index (χ4v) is 4.71. The largest absolute Gasteiger partial charge is 0.481 e. The van der Waals surface area contributed by atoms with Gasteiger partial charge in [0.1, 0.15) is 34.8 Å². The van der Waals surface area contributed by atoms with Crippen molar-refractivity contribution in [2.24, 2.45) is 5.92 Å². The molecule has 0 unspecified atom stereocenters. The van der Waals surface area contributed by atoms with Crippen molar-refractivity contribution >= 4 is 22.7 Å². The molecule has 2 aromatic carbocycles. The summed E-state index contributed by atoms with van der Waals surface area (Å²) in [4.78, 5) is 15.8. The fourth-order valence-electron chi connectivity index (χ4n) is 4.71. The summed E-state index contributed by atoms with van der Waals surface area (Å²) in [5.41, 5.74) is 8.41. The van der Waals surface area contributed by atoms with Crippen molar-refractivity contribution in [2.75, 3.05) is 5.73 Å². The topological polar surface area (TPSA) is 118 Å². The van der Waals surface area contributed by atoms with Gasteiger partial charge in [-0.2, -0.15) is 10.4 Å². The zero-order valence-corrected chi connectivity index (χ0v) is 18.6. The van der Waals surface area contributed by atoms with Gasteiger partial charge < -0.3 is 10.8 Å². The van der Waals surface area contributed by atoms with Gasteiger partial charge in [-0.05, 0) is 56.0 Å². The van der Waals surface area contributed by atoms with Crippen LogP contribution in [-0.2, 0) is 4.79 Å². The number of hydrogen-bond donors (Lipinski definition) is 2. The minimum Gasteiger partial charge on any atom is -0.481 e. The lowest BCUT2D eigenvalue weighted by Crippen LogP contribution is -2.24. The first-order chi connectivity index (χ1) is 16.9. The summed E-state index contributed by atoms with van der Waals surface area (Å²) in [5.74, 6) is -2.07. The number of aromatic nitrogens is 3. The highest BCUT2D eigenvalue weighted by molar-refractivity contribution is 5.87. The van der Waals surface area contributed by atoms with Crippen LogP contribution in [0.5, 0.6) is 0 Å². The molecule has 7 nitrogen and oxygen atoms in total. The van der Waals surface area contributed by atoms with Gasteiger partial charge in [-0.3, -0.25) is 4.79 Å². The van der Waals surface area contributed by atoms with Gasteiger partial charge in [0.25, 0.3) is 0 Å². The second-order valence-electron chi connectivity index (χ2n) is 8.74. The van der Waals surface area contributed by atoms with Gasteiger partial charge in [-0.15, -0.1) is 0 Å². The molecule has 0 aliphatic heterocycles. The Labute approximate surface area is 199 Å². The molecular weight excluding hydrogens is 452 g/mol. The van der Waals surface area contributed by atoms with Gasteiger partial charge >= 0.3 is 5.97 Å². The number of benzene rings is 2. The number of aliphatic carboxylic acids is 1. The van der Waals surface area contributed by atoms with Crippen molar-refractivity contribution in [1.29, 1.82) is 5.26 Å². The number of fused-ring (bicyclic) bond motifs is 1. The van der Waals surface area contributed by atoms with Crippen molar-refractivity contribution in [2.45, 2.75) is 31.7 Å². The SMILES string of the molecule is N#Cc1c(-c2ccc3ccc(-c4cc(F)ccc4F)nc3c2)nn(C2CCC(C(=O)O)CC2)c1N. The molecule has 35 heavy (non-hydrogen) atoms. The van der Waals surface area contributed by atoms with E-state index in [2.05, 4.69) is 16.2 Å². The molecule has 4 aromatic rings. The quantitative estimate of drug-likeness (QED) is 0.415. The predicted molar refractivity (Wildman–Crippen MR) is 126 cm³/mol. The Kier molecular flexibility index (Phi) is 5.65. The number of halogens is 2. The second kappa shape index (κ2) is 8.80. The average molecular weight is 473 g/mol. The maximum atomic E-state index is 14.3. The number of rotatable bonds is 4. The summed E-state index contributed by atoms with van der Waals surface area (Å²) < 4.78 is 29.6. The molecule has 1 aliphatic rings. The Morgan fingerprint density at radius 3 is 2.54 bits per heavy atom. The lowest BCUT2D eigenvalue weighted by molar-refractivity contribution is -0.143. The molecule has 0 radical (unpaired) electrons. The molecule has 0 saturated heterocycles. The number of nitrogen functional groups attached to an aromatic ring is 1. The maximum Gasteiger partial charge on any atom is 0.306 e. The third-order valence-electron chi connectivity index (χ3n) is 6.62. The van der Waals surface area contributed by atoms with E-state index >= 15 is 0 Å². The van der Waals surface area contributed by atoms with Crippen LogP contribution in [0.3, 0.4) is 0 Å². The summed E-state index contributed by atoms with van der Waals surface area (Å²) in [5, 5.41) is 24.5. The average Bonchev–Trinajstić information content (AvgIpc) is 3.20. The summed E-state index contributed by atoms with van der Waals surface area (Å²) >= 11 is 0. The van der Waals surface area contributed by atoms with Crippen molar-refractivity contribution < 1.29 is 18.7 Å². The predicted octanol–water partition coefficient (Wildman–Crippen LogP) is 5.31. The van der Waals surface area contributed by atoms with Crippen LogP contribution in [0.1, 0.15) is 37.3 Å². The van der Waals surface area contributed by atoms with Crippen LogP contribution < -0.4 is 5.73 Å². The van der Waals surface area contributed by atoms with E-state index in [1.54, 1.807) is 28.9 Å². The van der Waals surface area contributed by atoms with E-state index in [1.165, 1.54) is 0 Å². The van der Waals surface area contributed by atoms with Crippen LogP contribution in [0.25, 0.3) is 33.4 Å². The molecule has 0 amide bonds. The monoisotopic (exact) mass is 473 g/mol. The fraction of sp³-hybridized carbons (Fsp3) is 0.231. The van der Waals surface area contributed by atoms with Crippen molar-refractivity contribution in [1.82, 2.24) is 14.8 Å². The molecular formula is C26H21F2N5O2. The lowest BCUT2D eigenvalue weighted by atomic mass is 9.86. The normalized spacial score (nSPS) is 17.9. The van der Waals surface area contributed by atoms with Crippen molar-refractivity contribution in [3.8, 4) is 28.6 Å². The van der Waals surface area contributed by atoms with E-state index in [9.17, 15) is 23.9 Å². The Bertz CT molecular complexity index is 1500. The third kappa shape index (κ3) is 4.08. The van der Waals surface area contributed by atoms with E-state index in [4.69, 9.17) is 5.73 Å². The van der Waals surface area contributed by atoms with E-state index in [1.807, 2.05) is 6.07 Å². The van der Waals surface area contributed by atoms with E-state index < -0.39 is 17.6 Å². The smallest absolute Gasteiger partial charge is 0.306 e. The molecule has 0 bridgehead atoms. The number of hydrogen-bond acceptors (Lipinski definition) is 5. The molecule has 5 rings (SSSR count). The molecule has 176 valence electrons. The molecule has 0 spiro atoms. The molecule has 2 heterocycles. The van der Waals surface area contributed by atoms with Crippen LogP contribution in [0.2, 0.25) is 0 Å². The van der Waals surface area contributed by atoms with Crippen LogP contribution in [0.15, 0.2) is 48.5 Å². The highest BCUT2D eigenvalue weighted by Crippen LogP contribution is 2.37. The number of nitrogens with zero attached hydrogens (tertiary/aromatic N) is 4. The standard InChI is InChI=1S/C26H21F2N5O2/c27-17-6-9-21(28)19(12-17)22-10-5-14-1-2-16(11-23(14)31-22)24-20(13-29)25(30)33(32-24)18-7-3-15(4-8-18)26(34)35/h1-2,5-6,9-12,15,18H,3-4,7-8,30H2,(H,34,35). The molecule has 0 atom stereocenters. The van der Waals surface area contributed by atoms with Crippen LogP contribution >= 0.6 is 0 Å². The zero-order chi connectivity index (χ0) is 24.7. The number of pyridine rings is 1. The van der Waals surface area contributed by atoms with E-state index in [0.717, 1.165) is 23.6 Å². The minimum absolute atomic E-state index is 0.0560. The minimum atomic E-state index is -0.795. The summed E-state index contributed by atoms with van der Waals surface area (Å²) in [6.07, 6.45) is 2.26. The van der Waals surface area contributed by atoms with Gasteiger partial charge in [0.05, 0.1) is 23.2 Å². The van der Waals surface area contributed by atoms with Crippen molar-refractivity contribution in [3.05, 3.63) is 65.7 Å². The highest BCUT2D eigenvalue weighted by Gasteiger charge is 2.30. The molecule has 2 aromatic heterocycles. The van der Waals surface area contributed by atoms with Crippen molar-refractivity contribution in [3.63, 3.8) is 0 Å². The Morgan fingerprint density at radius 2 is 1.83 bits per heavy atom. The second-order valence-corrected chi connectivity index (χ2v) is 8.74. The Balaban J connectivity index is 1.54. The number of carboxylic acids is 1. The number of anilines is 1. The Morgan fingerprint density at radius 1 is 1.09 bits per heavy atom. The molecule has 9 heteroatoms. The van der Waals surface area contributed by atoms with Gasteiger partial charge in [0.2, 0.25) is 0 Å². The number of nitrogens with two attached hydrogens (primary N) is 1. The molecule has 3 N–H and O–H groups in total. The van der Waals surface area contributed by atoms with Gasteiger partial charge in [0.15, 0.2) is 0 Å². The summed E-state index contributed by atoms with van der Waals surface area (Å²) in [7, 11) is 0. The first-order valence-corrected chi connectivity index (χ1v) is 11.2. The Hall–Kier alpha value is -4.32. The van der Waals surface area contributed by atoms with Crippen LogP contribution in [-0.4, -0.2) is 25.8 Å². The lowest BCUT2D eigenvalue weighted by Gasteiger charge is -2.26. The molecule has 1 fully saturated rings. The van der Waals surface area contributed by atoms with E-state index in [0.29, 0.717) is 42.5 Å². The third-order valence-corrected chi connectivity index (χ3v) is 6.62. The summed E-state index contributed by atoms with van der Waals surface area (Å²) in [6, 6.07) is 14.0. The van der Waals surface area contributed by atoms with Crippen LogP contribution in [0, 0.1) is 28.9 Å². The first-order valence-electron chi connectivity index (χ1n) is 11.2.